The van der Waals surface area contributed by atoms with Gasteiger partial charge in [0.05, 0.1) is 38.1 Å². The molecule has 50 heavy (non-hydrogen) atoms. The van der Waals surface area contributed by atoms with Crippen LogP contribution in [-0.4, -0.2) is 68.0 Å². The van der Waals surface area contributed by atoms with Crippen molar-refractivity contribution in [3.8, 4) is 11.5 Å². The fourth-order valence-corrected chi connectivity index (χ4v) is 4.86. The summed E-state index contributed by atoms with van der Waals surface area (Å²) >= 11 is 2.84. The SMILES string of the molecule is CC1(C)OB(B2OC(C)(C)C(C)(C)O2)OC1(C)C.CC1(C)OB(c2cc(OC(F)F)ccc2F)OC1(C)C.Fc1ccc(OC(F)F)cc1Br. The van der Waals surface area contributed by atoms with Gasteiger partial charge in [0, 0.05) is 5.46 Å². The molecule has 3 saturated heterocycles. The van der Waals surface area contributed by atoms with E-state index in [0.717, 1.165) is 30.3 Å². The average molecular weight is 783 g/mol. The van der Waals surface area contributed by atoms with Crippen LogP contribution in [-0.2, 0) is 27.9 Å². The minimum absolute atomic E-state index is 0.0433. The summed E-state index contributed by atoms with van der Waals surface area (Å²) in [5, 5.41) is 0. The van der Waals surface area contributed by atoms with Gasteiger partial charge in [0.1, 0.15) is 23.1 Å². The van der Waals surface area contributed by atoms with Crippen molar-refractivity contribution in [2.45, 2.75) is 130 Å². The van der Waals surface area contributed by atoms with Crippen LogP contribution < -0.4 is 14.9 Å². The second-order valence-corrected chi connectivity index (χ2v) is 15.7. The summed E-state index contributed by atoms with van der Waals surface area (Å²) in [7, 11) is -1.91. The lowest BCUT2D eigenvalue weighted by molar-refractivity contribution is -0.0505. The molecule has 0 amide bonds. The monoisotopic (exact) mass is 782 g/mol. The molecule has 0 unspecified atom stereocenters. The lowest BCUT2D eigenvalue weighted by Crippen LogP contribution is -2.41. The van der Waals surface area contributed by atoms with Crippen molar-refractivity contribution in [2.75, 3.05) is 0 Å². The second kappa shape index (κ2) is 15.2. The van der Waals surface area contributed by atoms with Gasteiger partial charge in [0.2, 0.25) is 0 Å². The highest BCUT2D eigenvalue weighted by atomic mass is 79.9. The first-order chi connectivity index (χ1) is 22.6. The highest BCUT2D eigenvalue weighted by molar-refractivity contribution is 9.10. The topological polar surface area (TPSA) is 73.8 Å². The second-order valence-electron chi connectivity index (χ2n) is 14.9. The summed E-state index contributed by atoms with van der Waals surface area (Å²) < 4.78 is 118. The molecule has 3 heterocycles. The predicted octanol–water partition coefficient (Wildman–Crippen LogP) is 8.17. The Morgan fingerprint density at radius 3 is 1.18 bits per heavy atom. The molecular weight excluding hydrogens is 739 g/mol. The molecular formula is C32H44B3BrF6O8. The van der Waals surface area contributed by atoms with E-state index in [-0.39, 0.29) is 43.8 Å². The molecule has 8 nitrogen and oxygen atoms in total. The standard InChI is InChI=1S/C13H16BF3O3.C12H24B2O4.C7H4BrF3O/c1-12(2)13(3,4)20-14(19-12)9-7-8(18-11(16)17)5-6-10(9)15;1-9(2)10(3,4)16-13(15-9)14-17-11(5,6)12(7,8)18-14;8-5-3-4(12-7(10)11)1-2-6(5)9/h5-7,11H,1-4H3;1-8H3;1-3,7H. The quantitative estimate of drug-likeness (QED) is 0.215. The minimum atomic E-state index is -2.97. The molecule has 0 bridgehead atoms. The largest absolute Gasteiger partial charge is 0.497 e. The number of rotatable bonds is 6. The fraction of sp³-hybridized carbons (Fsp3) is 0.625. The van der Waals surface area contributed by atoms with E-state index >= 15 is 0 Å². The summed E-state index contributed by atoms with van der Waals surface area (Å²) in [6.07, 6.45) is 0. The van der Waals surface area contributed by atoms with E-state index in [2.05, 4.69) is 25.4 Å². The van der Waals surface area contributed by atoms with Crippen molar-refractivity contribution < 1.29 is 63.7 Å². The summed E-state index contributed by atoms with van der Waals surface area (Å²) in [6.45, 7) is 17.7. The van der Waals surface area contributed by atoms with Crippen LogP contribution in [0.15, 0.2) is 40.9 Å². The molecule has 3 aliphatic heterocycles. The van der Waals surface area contributed by atoms with Gasteiger partial charge in [0.25, 0.3) is 0 Å². The van der Waals surface area contributed by atoms with E-state index in [0.29, 0.717) is 0 Å². The summed E-state index contributed by atoms with van der Waals surface area (Å²) in [5.74, 6) is -1.31. The van der Waals surface area contributed by atoms with Crippen LogP contribution in [0.5, 0.6) is 11.5 Å². The maximum atomic E-state index is 13.9. The highest BCUT2D eigenvalue weighted by Crippen LogP contribution is 2.43. The molecule has 2 aromatic carbocycles. The first-order valence-electron chi connectivity index (χ1n) is 15.8. The smallest absolute Gasteiger partial charge is 0.435 e. The van der Waals surface area contributed by atoms with Crippen molar-refractivity contribution >= 4 is 42.5 Å². The molecule has 0 aliphatic carbocycles. The lowest BCUT2D eigenvalue weighted by atomic mass is 9.49. The minimum Gasteiger partial charge on any atom is -0.435 e. The zero-order chi connectivity index (χ0) is 38.3. The number of halogens is 7. The molecule has 0 radical (unpaired) electrons. The summed E-state index contributed by atoms with van der Waals surface area (Å²) in [6, 6.07) is 6.67. The molecule has 3 fully saturated rings. The Labute approximate surface area is 299 Å². The van der Waals surface area contributed by atoms with Gasteiger partial charge in [-0.1, -0.05) is 0 Å². The summed E-state index contributed by atoms with van der Waals surface area (Å²) in [4.78, 5) is 0. The molecule has 0 aromatic heterocycles. The Hall–Kier alpha value is -1.95. The van der Waals surface area contributed by atoms with E-state index in [1.165, 1.54) is 6.07 Å². The maximum Gasteiger partial charge on any atom is 0.497 e. The third-order valence-electron chi connectivity index (χ3n) is 9.58. The van der Waals surface area contributed by atoms with E-state index in [9.17, 15) is 26.3 Å². The van der Waals surface area contributed by atoms with Gasteiger partial charge in [-0.05, 0) is 135 Å². The fourth-order valence-electron chi connectivity index (χ4n) is 4.50. The van der Waals surface area contributed by atoms with E-state index < -0.39 is 57.2 Å². The van der Waals surface area contributed by atoms with Crippen LogP contribution in [0.2, 0.25) is 0 Å². The number of ether oxygens (including phenoxy) is 2. The Kier molecular flexibility index (Phi) is 12.9. The van der Waals surface area contributed by atoms with Gasteiger partial charge in [-0.25, -0.2) is 8.78 Å². The molecule has 278 valence electrons. The van der Waals surface area contributed by atoms with Gasteiger partial charge in [-0.3, -0.25) is 0 Å². The molecule has 0 saturated carbocycles. The Bertz CT molecular complexity index is 1400. The van der Waals surface area contributed by atoms with Crippen LogP contribution in [0.1, 0.15) is 83.1 Å². The van der Waals surface area contributed by atoms with Gasteiger partial charge in [-0.2, -0.15) is 17.6 Å². The molecule has 2 aromatic rings. The Balaban J connectivity index is 0.000000209. The molecule has 18 heteroatoms. The third kappa shape index (κ3) is 9.92. The van der Waals surface area contributed by atoms with Crippen molar-refractivity contribution in [1.82, 2.24) is 0 Å². The Morgan fingerprint density at radius 1 is 0.520 bits per heavy atom. The molecule has 0 atom stereocenters. The first-order valence-corrected chi connectivity index (χ1v) is 16.6. The van der Waals surface area contributed by atoms with Gasteiger partial charge in [0.15, 0.2) is 0 Å². The lowest BCUT2D eigenvalue weighted by Gasteiger charge is -2.32. The number of alkyl halides is 4. The molecule has 0 spiro atoms. The van der Waals surface area contributed by atoms with E-state index in [1.54, 1.807) is 0 Å². The van der Waals surface area contributed by atoms with Crippen LogP contribution in [0, 0.1) is 11.6 Å². The highest BCUT2D eigenvalue weighted by Gasteiger charge is 2.63. The van der Waals surface area contributed by atoms with Crippen molar-refractivity contribution in [1.29, 1.82) is 0 Å². The maximum absolute atomic E-state index is 13.9. The third-order valence-corrected chi connectivity index (χ3v) is 10.2. The van der Waals surface area contributed by atoms with Crippen molar-refractivity contribution in [3.63, 3.8) is 0 Å². The predicted molar refractivity (Wildman–Crippen MR) is 182 cm³/mol. The van der Waals surface area contributed by atoms with E-state index in [1.807, 2.05) is 83.1 Å². The van der Waals surface area contributed by atoms with Crippen LogP contribution in [0.4, 0.5) is 26.3 Å². The van der Waals surface area contributed by atoms with Crippen LogP contribution in [0.25, 0.3) is 0 Å². The molecule has 0 N–H and O–H groups in total. The van der Waals surface area contributed by atoms with Crippen LogP contribution in [0.3, 0.4) is 0 Å². The zero-order valence-corrected chi connectivity index (χ0v) is 31.8. The molecule has 5 rings (SSSR count). The number of hydrogen-bond donors (Lipinski definition) is 0. The van der Waals surface area contributed by atoms with Crippen molar-refractivity contribution in [2.24, 2.45) is 0 Å². The van der Waals surface area contributed by atoms with Gasteiger partial charge < -0.3 is 37.4 Å². The number of benzene rings is 2. The average Bonchev–Trinajstić information content (AvgIpc) is 3.41. The Morgan fingerprint density at radius 2 is 0.840 bits per heavy atom. The first kappa shape index (κ1) is 42.5. The summed E-state index contributed by atoms with van der Waals surface area (Å²) in [5.41, 5.74) is -2.67. The zero-order valence-electron chi connectivity index (χ0n) is 30.3. The normalized spacial score (nSPS) is 22.2. The van der Waals surface area contributed by atoms with Gasteiger partial charge >= 0.3 is 34.4 Å². The van der Waals surface area contributed by atoms with Crippen molar-refractivity contribution in [3.05, 3.63) is 52.5 Å². The molecule has 3 aliphatic rings. The van der Waals surface area contributed by atoms with E-state index in [4.69, 9.17) is 27.9 Å². The van der Waals surface area contributed by atoms with Gasteiger partial charge in [-0.15, -0.1) is 0 Å². The number of hydrogen-bond acceptors (Lipinski definition) is 8. The van der Waals surface area contributed by atoms with Crippen LogP contribution >= 0.6 is 15.9 Å².